The summed E-state index contributed by atoms with van der Waals surface area (Å²) in [5.41, 5.74) is 3.36. The molecule has 1 aliphatic rings. The number of benzene rings is 2. The lowest BCUT2D eigenvalue weighted by Gasteiger charge is -2.29. The van der Waals surface area contributed by atoms with Crippen molar-refractivity contribution < 1.29 is 9.90 Å². The standard InChI is InChI=1S/C24H26N2O2S/c1-25(2)18-11-9-16(10-12-18)19-15-22(27)26(3)23(19)24(28)21-14-13-20(29-21)17-7-5-4-6-8-17/h4-14,19,23-24,28H,15H2,1-3H3/t19-,23-,24-/m1/s1. The summed E-state index contributed by atoms with van der Waals surface area (Å²) < 4.78 is 0. The maximum atomic E-state index is 12.5. The molecule has 4 nitrogen and oxygen atoms in total. The second-order valence-corrected chi connectivity index (χ2v) is 8.92. The number of likely N-dealkylation sites (tertiary alicyclic amines) is 1. The molecule has 29 heavy (non-hydrogen) atoms. The maximum Gasteiger partial charge on any atom is 0.223 e. The van der Waals surface area contributed by atoms with Crippen molar-refractivity contribution in [1.29, 1.82) is 0 Å². The Labute approximate surface area is 176 Å². The van der Waals surface area contributed by atoms with E-state index in [4.69, 9.17) is 0 Å². The number of carbonyl (C=O) groups is 1. The van der Waals surface area contributed by atoms with Crippen molar-refractivity contribution >= 4 is 22.9 Å². The average molecular weight is 407 g/mol. The van der Waals surface area contributed by atoms with Gasteiger partial charge in [-0.3, -0.25) is 4.79 Å². The van der Waals surface area contributed by atoms with Crippen molar-refractivity contribution in [3.05, 3.63) is 77.2 Å². The molecule has 2 aromatic carbocycles. The summed E-state index contributed by atoms with van der Waals surface area (Å²) in [6, 6.07) is 22.2. The van der Waals surface area contributed by atoms with Crippen LogP contribution in [0.5, 0.6) is 0 Å². The quantitative estimate of drug-likeness (QED) is 0.677. The van der Waals surface area contributed by atoms with Crippen LogP contribution in [0.2, 0.25) is 0 Å². The van der Waals surface area contributed by atoms with Gasteiger partial charge in [0.15, 0.2) is 0 Å². The molecule has 150 valence electrons. The topological polar surface area (TPSA) is 43.8 Å². The van der Waals surface area contributed by atoms with Gasteiger partial charge in [0, 0.05) is 48.9 Å². The minimum atomic E-state index is -0.715. The first-order valence-corrected chi connectivity index (χ1v) is 10.6. The number of likely N-dealkylation sites (N-methyl/N-ethyl adjacent to an activating group) is 1. The summed E-state index contributed by atoms with van der Waals surface area (Å²) in [7, 11) is 5.82. The van der Waals surface area contributed by atoms with E-state index in [1.807, 2.05) is 38.4 Å². The Kier molecular flexibility index (Phi) is 5.43. The third-order valence-corrected chi connectivity index (χ3v) is 6.99. The number of thiophene rings is 1. The van der Waals surface area contributed by atoms with Gasteiger partial charge >= 0.3 is 0 Å². The third-order valence-electron chi connectivity index (χ3n) is 5.79. The average Bonchev–Trinajstić information content (AvgIpc) is 3.34. The van der Waals surface area contributed by atoms with Gasteiger partial charge in [-0.1, -0.05) is 42.5 Å². The second kappa shape index (κ2) is 8.01. The Morgan fingerprint density at radius 2 is 1.72 bits per heavy atom. The molecule has 5 heteroatoms. The Balaban J connectivity index is 1.62. The zero-order chi connectivity index (χ0) is 20.5. The van der Waals surface area contributed by atoms with E-state index >= 15 is 0 Å². The van der Waals surface area contributed by atoms with Crippen LogP contribution in [0, 0.1) is 0 Å². The van der Waals surface area contributed by atoms with Gasteiger partial charge in [0.05, 0.1) is 6.04 Å². The van der Waals surface area contributed by atoms with E-state index in [2.05, 4.69) is 47.4 Å². The number of carbonyl (C=O) groups excluding carboxylic acids is 1. The molecular weight excluding hydrogens is 380 g/mol. The van der Waals surface area contributed by atoms with E-state index in [0.717, 1.165) is 26.6 Å². The number of anilines is 1. The third kappa shape index (κ3) is 3.80. The molecular formula is C24H26N2O2S. The van der Waals surface area contributed by atoms with Crippen molar-refractivity contribution in [2.45, 2.75) is 24.5 Å². The van der Waals surface area contributed by atoms with Crippen LogP contribution in [0.4, 0.5) is 5.69 Å². The van der Waals surface area contributed by atoms with Crippen LogP contribution >= 0.6 is 11.3 Å². The molecule has 0 saturated carbocycles. The molecule has 3 atom stereocenters. The van der Waals surface area contributed by atoms with Crippen molar-refractivity contribution in [3.63, 3.8) is 0 Å². The largest absolute Gasteiger partial charge is 0.385 e. The van der Waals surface area contributed by atoms with Crippen LogP contribution in [-0.4, -0.2) is 43.1 Å². The van der Waals surface area contributed by atoms with Crippen molar-refractivity contribution in [3.8, 4) is 10.4 Å². The van der Waals surface area contributed by atoms with Gasteiger partial charge in [-0.2, -0.15) is 0 Å². The highest BCUT2D eigenvalue weighted by Gasteiger charge is 2.43. The van der Waals surface area contributed by atoms with E-state index < -0.39 is 6.10 Å². The summed E-state index contributed by atoms with van der Waals surface area (Å²) in [5, 5.41) is 11.3. The molecule has 0 unspecified atom stereocenters. The molecule has 1 N–H and O–H groups in total. The summed E-state index contributed by atoms with van der Waals surface area (Å²) >= 11 is 1.59. The SMILES string of the molecule is CN(C)c1ccc([C@H]2CC(=O)N(C)[C@H]2[C@H](O)c2ccc(-c3ccccc3)s2)cc1. The zero-order valence-corrected chi connectivity index (χ0v) is 17.8. The van der Waals surface area contributed by atoms with E-state index in [9.17, 15) is 9.90 Å². The van der Waals surface area contributed by atoms with E-state index in [0.29, 0.717) is 6.42 Å². The van der Waals surface area contributed by atoms with Gasteiger partial charge in [0.1, 0.15) is 6.10 Å². The van der Waals surface area contributed by atoms with Crippen LogP contribution in [0.15, 0.2) is 66.7 Å². The Morgan fingerprint density at radius 3 is 2.38 bits per heavy atom. The predicted octanol–water partition coefficient (Wildman–Crippen LogP) is 4.53. The van der Waals surface area contributed by atoms with E-state index in [-0.39, 0.29) is 17.9 Å². The summed E-state index contributed by atoms with van der Waals surface area (Å²) in [5.74, 6) is 0.0524. The van der Waals surface area contributed by atoms with Crippen LogP contribution < -0.4 is 4.90 Å². The summed E-state index contributed by atoms with van der Waals surface area (Å²) in [4.78, 5) is 18.3. The van der Waals surface area contributed by atoms with Gasteiger partial charge in [-0.15, -0.1) is 11.3 Å². The molecule has 4 rings (SSSR count). The minimum Gasteiger partial charge on any atom is -0.385 e. The van der Waals surface area contributed by atoms with Crippen LogP contribution in [0.1, 0.15) is 28.9 Å². The minimum absolute atomic E-state index is 0.0269. The second-order valence-electron chi connectivity index (χ2n) is 7.80. The van der Waals surface area contributed by atoms with Gasteiger partial charge in [0.2, 0.25) is 5.91 Å². The molecule has 1 aromatic heterocycles. The number of amides is 1. The van der Waals surface area contributed by atoms with Crippen molar-refractivity contribution in [2.24, 2.45) is 0 Å². The fourth-order valence-corrected chi connectivity index (χ4v) is 5.13. The monoisotopic (exact) mass is 406 g/mol. The molecule has 0 bridgehead atoms. The predicted molar refractivity (Wildman–Crippen MR) is 119 cm³/mol. The van der Waals surface area contributed by atoms with Crippen molar-refractivity contribution in [1.82, 2.24) is 4.90 Å². The Morgan fingerprint density at radius 1 is 1.03 bits per heavy atom. The number of rotatable bonds is 5. The summed E-state index contributed by atoms with van der Waals surface area (Å²) in [6.07, 6.45) is -0.288. The highest BCUT2D eigenvalue weighted by molar-refractivity contribution is 7.15. The fraction of sp³-hybridized carbons (Fsp3) is 0.292. The molecule has 1 aliphatic heterocycles. The first-order valence-electron chi connectivity index (χ1n) is 9.82. The van der Waals surface area contributed by atoms with Gasteiger partial charge in [0.25, 0.3) is 0 Å². The molecule has 1 saturated heterocycles. The number of aliphatic hydroxyl groups is 1. The Bertz CT molecular complexity index is 982. The molecule has 3 aromatic rings. The molecule has 1 fully saturated rings. The summed E-state index contributed by atoms with van der Waals surface area (Å²) in [6.45, 7) is 0. The number of aliphatic hydroxyl groups excluding tert-OH is 1. The zero-order valence-electron chi connectivity index (χ0n) is 16.9. The first-order chi connectivity index (χ1) is 14.0. The molecule has 1 amide bonds. The number of nitrogens with zero attached hydrogens (tertiary/aromatic N) is 2. The van der Waals surface area contributed by atoms with Crippen LogP contribution in [0.25, 0.3) is 10.4 Å². The fourth-order valence-electron chi connectivity index (χ4n) is 4.09. The lowest BCUT2D eigenvalue weighted by Crippen LogP contribution is -2.36. The highest BCUT2D eigenvalue weighted by atomic mass is 32.1. The number of hydrogen-bond donors (Lipinski definition) is 1. The van der Waals surface area contributed by atoms with Crippen LogP contribution in [-0.2, 0) is 4.79 Å². The normalized spacial score (nSPS) is 20.1. The smallest absolute Gasteiger partial charge is 0.223 e. The van der Waals surface area contributed by atoms with Gasteiger partial charge in [-0.05, 0) is 35.4 Å². The highest BCUT2D eigenvalue weighted by Crippen LogP contribution is 2.42. The van der Waals surface area contributed by atoms with Gasteiger partial charge in [-0.25, -0.2) is 0 Å². The lowest BCUT2D eigenvalue weighted by molar-refractivity contribution is -0.128. The van der Waals surface area contributed by atoms with Gasteiger partial charge < -0.3 is 14.9 Å². The Hall–Kier alpha value is -2.63. The maximum absolute atomic E-state index is 12.5. The van der Waals surface area contributed by atoms with Crippen LogP contribution in [0.3, 0.4) is 0 Å². The van der Waals surface area contributed by atoms with E-state index in [1.54, 1.807) is 23.3 Å². The number of hydrogen-bond acceptors (Lipinski definition) is 4. The molecule has 2 heterocycles. The van der Waals surface area contributed by atoms with Crippen molar-refractivity contribution in [2.75, 3.05) is 26.0 Å². The van der Waals surface area contributed by atoms with E-state index in [1.165, 1.54) is 0 Å². The molecule has 0 spiro atoms. The molecule has 0 radical (unpaired) electrons. The first kappa shape index (κ1) is 19.7. The molecule has 0 aliphatic carbocycles. The lowest BCUT2D eigenvalue weighted by atomic mass is 9.88.